The Balaban J connectivity index is 2.24. The molecule has 1 aromatic carbocycles. The third kappa shape index (κ3) is 9.39. The summed E-state index contributed by atoms with van der Waals surface area (Å²) in [6, 6.07) is 7.05. The molecule has 0 aliphatic heterocycles. The maximum atomic E-state index is 11.8. The summed E-state index contributed by atoms with van der Waals surface area (Å²) in [4.78, 5) is 23.5. The molecule has 5 heteroatoms. The summed E-state index contributed by atoms with van der Waals surface area (Å²) in [5.41, 5.74) is 0. The van der Waals surface area contributed by atoms with Gasteiger partial charge in [0.1, 0.15) is 5.75 Å². The zero-order valence-electron chi connectivity index (χ0n) is 14.0. The highest BCUT2D eigenvalue weighted by Gasteiger charge is 2.16. The van der Waals surface area contributed by atoms with Gasteiger partial charge in [-0.15, -0.1) is 0 Å². The van der Waals surface area contributed by atoms with Crippen LogP contribution in [-0.2, 0) is 14.3 Å². The molecule has 1 rings (SSSR count). The second-order valence-corrected chi connectivity index (χ2v) is 7.11. The molecule has 0 saturated carbocycles. The molecule has 0 bridgehead atoms. The van der Waals surface area contributed by atoms with Gasteiger partial charge in [-0.2, -0.15) is 0 Å². The SMILES string of the molecule is CC(C)CCCOC(=O)C[C@H](C)CC(=O)Oc1ccc(Br)cc1. The number of benzene rings is 1. The fourth-order valence-electron chi connectivity index (χ4n) is 2.05. The summed E-state index contributed by atoms with van der Waals surface area (Å²) in [5.74, 6) is 0.420. The van der Waals surface area contributed by atoms with Crippen molar-refractivity contribution in [2.45, 2.75) is 46.5 Å². The van der Waals surface area contributed by atoms with Crippen molar-refractivity contribution in [1.82, 2.24) is 0 Å². The lowest BCUT2D eigenvalue weighted by molar-refractivity contribution is -0.145. The lowest BCUT2D eigenvalue weighted by Gasteiger charge is -2.11. The van der Waals surface area contributed by atoms with E-state index in [0.29, 0.717) is 18.3 Å². The summed E-state index contributed by atoms with van der Waals surface area (Å²) in [5, 5.41) is 0. The van der Waals surface area contributed by atoms with E-state index in [9.17, 15) is 9.59 Å². The van der Waals surface area contributed by atoms with Crippen LogP contribution in [0, 0.1) is 11.8 Å². The first-order valence-electron chi connectivity index (χ1n) is 7.98. The van der Waals surface area contributed by atoms with E-state index < -0.39 is 0 Å². The number of hydrogen-bond donors (Lipinski definition) is 0. The molecule has 4 nitrogen and oxygen atoms in total. The van der Waals surface area contributed by atoms with Crippen LogP contribution in [-0.4, -0.2) is 18.5 Å². The first kappa shape index (κ1) is 19.7. The second-order valence-electron chi connectivity index (χ2n) is 6.20. The molecule has 1 aromatic rings. The zero-order valence-corrected chi connectivity index (χ0v) is 15.6. The van der Waals surface area contributed by atoms with Gasteiger partial charge < -0.3 is 9.47 Å². The Morgan fingerprint density at radius 2 is 1.65 bits per heavy atom. The molecule has 0 spiro atoms. The van der Waals surface area contributed by atoms with Crippen LogP contribution in [0.4, 0.5) is 0 Å². The lowest BCUT2D eigenvalue weighted by Crippen LogP contribution is -2.16. The number of rotatable bonds is 9. The molecule has 128 valence electrons. The van der Waals surface area contributed by atoms with E-state index in [2.05, 4.69) is 29.8 Å². The maximum absolute atomic E-state index is 11.8. The molecule has 0 heterocycles. The molecule has 0 saturated heterocycles. The van der Waals surface area contributed by atoms with Crippen molar-refractivity contribution in [3.05, 3.63) is 28.7 Å². The van der Waals surface area contributed by atoms with Crippen molar-refractivity contribution in [3.8, 4) is 5.75 Å². The van der Waals surface area contributed by atoms with Crippen molar-refractivity contribution in [3.63, 3.8) is 0 Å². The smallest absolute Gasteiger partial charge is 0.311 e. The van der Waals surface area contributed by atoms with Gasteiger partial charge in [0, 0.05) is 17.3 Å². The van der Waals surface area contributed by atoms with E-state index >= 15 is 0 Å². The molecule has 0 aliphatic carbocycles. The first-order valence-corrected chi connectivity index (χ1v) is 8.78. The molecule has 0 amide bonds. The highest BCUT2D eigenvalue weighted by molar-refractivity contribution is 9.10. The molecule has 0 aliphatic rings. The highest BCUT2D eigenvalue weighted by Crippen LogP contribution is 2.18. The van der Waals surface area contributed by atoms with Gasteiger partial charge in [0.15, 0.2) is 0 Å². The normalized spacial score (nSPS) is 12.0. The molecule has 0 unspecified atom stereocenters. The van der Waals surface area contributed by atoms with E-state index in [1.165, 1.54) is 0 Å². The van der Waals surface area contributed by atoms with Gasteiger partial charge in [0.05, 0.1) is 6.61 Å². The van der Waals surface area contributed by atoms with Crippen molar-refractivity contribution >= 4 is 27.9 Å². The molecule has 0 aromatic heterocycles. The summed E-state index contributed by atoms with van der Waals surface area (Å²) >= 11 is 3.32. The number of carbonyl (C=O) groups excluding carboxylic acids is 2. The second kappa shape index (κ2) is 10.4. The lowest BCUT2D eigenvalue weighted by atomic mass is 10.0. The Morgan fingerprint density at radius 1 is 1.04 bits per heavy atom. The summed E-state index contributed by atoms with van der Waals surface area (Å²) in [6.45, 7) is 6.58. The average molecular weight is 385 g/mol. The van der Waals surface area contributed by atoms with Crippen molar-refractivity contribution in [2.24, 2.45) is 11.8 Å². The van der Waals surface area contributed by atoms with Crippen LogP contribution >= 0.6 is 15.9 Å². The average Bonchev–Trinajstić information content (AvgIpc) is 2.45. The van der Waals surface area contributed by atoms with Crippen molar-refractivity contribution in [1.29, 1.82) is 0 Å². The molecular weight excluding hydrogens is 360 g/mol. The third-order valence-corrected chi connectivity index (χ3v) is 3.79. The summed E-state index contributed by atoms with van der Waals surface area (Å²) in [6.07, 6.45) is 2.35. The molecule has 1 atom stereocenters. The van der Waals surface area contributed by atoms with E-state index in [1.54, 1.807) is 24.3 Å². The van der Waals surface area contributed by atoms with Crippen molar-refractivity contribution in [2.75, 3.05) is 6.61 Å². The number of carbonyl (C=O) groups is 2. The summed E-state index contributed by atoms with van der Waals surface area (Å²) in [7, 11) is 0. The monoisotopic (exact) mass is 384 g/mol. The third-order valence-electron chi connectivity index (χ3n) is 3.26. The topological polar surface area (TPSA) is 52.6 Å². The van der Waals surface area contributed by atoms with Crippen LogP contribution in [0.15, 0.2) is 28.7 Å². The quantitative estimate of drug-likeness (QED) is 0.350. The fourth-order valence-corrected chi connectivity index (χ4v) is 2.32. The van der Waals surface area contributed by atoms with Gasteiger partial charge in [0.25, 0.3) is 0 Å². The minimum atomic E-state index is -0.340. The summed E-state index contributed by atoms with van der Waals surface area (Å²) < 4.78 is 11.3. The molecule has 0 N–H and O–H groups in total. The Labute approximate surface area is 146 Å². The minimum Gasteiger partial charge on any atom is -0.466 e. The fraction of sp³-hybridized carbons (Fsp3) is 0.556. The first-order chi connectivity index (χ1) is 10.9. The molecule has 0 radical (unpaired) electrons. The van der Waals surface area contributed by atoms with E-state index in [1.807, 2.05) is 6.92 Å². The van der Waals surface area contributed by atoms with Crippen LogP contribution in [0.25, 0.3) is 0 Å². The largest absolute Gasteiger partial charge is 0.466 e. The number of esters is 2. The van der Waals surface area contributed by atoms with E-state index in [0.717, 1.165) is 17.3 Å². The van der Waals surface area contributed by atoms with Crippen LogP contribution < -0.4 is 4.74 Å². The van der Waals surface area contributed by atoms with Gasteiger partial charge in [0.2, 0.25) is 0 Å². The number of hydrogen-bond acceptors (Lipinski definition) is 4. The molecule has 23 heavy (non-hydrogen) atoms. The Kier molecular flexibility index (Phi) is 8.92. The number of ether oxygens (including phenoxy) is 2. The predicted molar refractivity (Wildman–Crippen MR) is 93.2 cm³/mol. The Bertz CT molecular complexity index is 496. The standard InChI is InChI=1S/C18H25BrO4/c1-13(2)5-4-10-22-17(20)11-14(3)12-18(21)23-16-8-6-15(19)7-9-16/h6-9,13-14H,4-5,10-12H2,1-3H3/t14-/m0/s1. The van der Waals surface area contributed by atoms with Gasteiger partial charge >= 0.3 is 11.9 Å². The van der Waals surface area contributed by atoms with Crippen LogP contribution in [0.1, 0.15) is 46.5 Å². The van der Waals surface area contributed by atoms with Crippen LogP contribution in [0.3, 0.4) is 0 Å². The molecular formula is C18H25BrO4. The zero-order chi connectivity index (χ0) is 17.2. The highest BCUT2D eigenvalue weighted by atomic mass is 79.9. The predicted octanol–water partition coefficient (Wildman–Crippen LogP) is 4.75. The van der Waals surface area contributed by atoms with Crippen LogP contribution in [0.2, 0.25) is 0 Å². The van der Waals surface area contributed by atoms with E-state index in [-0.39, 0.29) is 30.7 Å². The van der Waals surface area contributed by atoms with Gasteiger partial charge in [-0.1, -0.05) is 36.7 Å². The minimum absolute atomic E-state index is 0.101. The van der Waals surface area contributed by atoms with Gasteiger partial charge in [-0.3, -0.25) is 9.59 Å². The van der Waals surface area contributed by atoms with Gasteiger partial charge in [-0.25, -0.2) is 0 Å². The van der Waals surface area contributed by atoms with Crippen molar-refractivity contribution < 1.29 is 19.1 Å². The number of halogens is 1. The van der Waals surface area contributed by atoms with Crippen LogP contribution in [0.5, 0.6) is 5.75 Å². The molecule has 0 fully saturated rings. The maximum Gasteiger partial charge on any atom is 0.311 e. The van der Waals surface area contributed by atoms with E-state index in [4.69, 9.17) is 9.47 Å². The van der Waals surface area contributed by atoms with Gasteiger partial charge in [-0.05, 0) is 48.9 Å². The Hall–Kier alpha value is -1.36. The Morgan fingerprint density at radius 3 is 2.26 bits per heavy atom.